The van der Waals surface area contributed by atoms with E-state index in [1.54, 1.807) is 0 Å². The molecule has 0 aromatic carbocycles. The molecule has 0 bridgehead atoms. The van der Waals surface area contributed by atoms with Gasteiger partial charge in [0.25, 0.3) is 5.91 Å². The van der Waals surface area contributed by atoms with E-state index in [0.29, 0.717) is 23.7 Å². The van der Waals surface area contributed by atoms with Gasteiger partial charge in [-0.05, 0) is 43.9 Å². The third-order valence-corrected chi connectivity index (χ3v) is 4.70. The first kappa shape index (κ1) is 16.5. The number of nitrogens with zero attached hydrogens (tertiary/aromatic N) is 3. The number of carbonyl (C=O) groups excluding carboxylic acids is 1. The number of aromatic nitrogens is 2. The van der Waals surface area contributed by atoms with Gasteiger partial charge in [0.15, 0.2) is 0 Å². The van der Waals surface area contributed by atoms with Crippen LogP contribution in [0.2, 0.25) is 0 Å². The fourth-order valence-electron chi connectivity index (χ4n) is 3.36. The zero-order valence-corrected chi connectivity index (χ0v) is 14.5. The van der Waals surface area contributed by atoms with Crippen LogP contribution in [0.25, 0.3) is 0 Å². The second-order valence-corrected chi connectivity index (χ2v) is 6.23. The van der Waals surface area contributed by atoms with Crippen molar-refractivity contribution in [2.45, 2.75) is 39.0 Å². The maximum atomic E-state index is 13.0. The minimum atomic E-state index is 0.0400. The van der Waals surface area contributed by atoms with Crippen molar-refractivity contribution >= 4 is 11.7 Å². The normalized spacial score (nSPS) is 17.8. The SMILES string of the molecule is CCc1noc(C)c1C(=O)N1CCC[C@H](c2ccnc(NC)c2)C1. The van der Waals surface area contributed by atoms with Crippen LogP contribution in [-0.2, 0) is 6.42 Å². The van der Waals surface area contributed by atoms with E-state index in [1.165, 1.54) is 5.56 Å². The van der Waals surface area contributed by atoms with Gasteiger partial charge in [0.1, 0.15) is 17.1 Å². The molecular weight excluding hydrogens is 304 g/mol. The number of aryl methyl sites for hydroxylation is 2. The van der Waals surface area contributed by atoms with Crippen LogP contribution in [0.3, 0.4) is 0 Å². The van der Waals surface area contributed by atoms with E-state index in [2.05, 4.69) is 21.5 Å². The minimum Gasteiger partial charge on any atom is -0.373 e. The molecule has 0 unspecified atom stereocenters. The summed E-state index contributed by atoms with van der Waals surface area (Å²) >= 11 is 0. The van der Waals surface area contributed by atoms with Crippen molar-refractivity contribution in [1.82, 2.24) is 15.0 Å². The van der Waals surface area contributed by atoms with Gasteiger partial charge in [-0.2, -0.15) is 0 Å². The maximum Gasteiger partial charge on any atom is 0.259 e. The molecule has 1 atom stereocenters. The molecule has 128 valence electrons. The third kappa shape index (κ3) is 3.13. The van der Waals surface area contributed by atoms with Crippen molar-refractivity contribution in [2.24, 2.45) is 0 Å². The van der Waals surface area contributed by atoms with Gasteiger partial charge in [-0.3, -0.25) is 4.79 Å². The standard InChI is InChI=1S/C18H24N4O2/c1-4-15-17(12(2)24-21-15)18(23)22-9-5-6-14(11-22)13-7-8-20-16(10-13)19-3/h7-8,10,14H,4-6,9,11H2,1-3H3,(H,19,20)/t14-/m0/s1. The van der Waals surface area contributed by atoms with E-state index in [1.807, 2.05) is 38.1 Å². The smallest absolute Gasteiger partial charge is 0.259 e. The Bertz CT molecular complexity index is 726. The number of rotatable bonds is 4. The summed E-state index contributed by atoms with van der Waals surface area (Å²) in [6, 6.07) is 4.11. The lowest BCUT2D eigenvalue weighted by molar-refractivity contribution is 0.0704. The molecule has 6 heteroatoms. The van der Waals surface area contributed by atoms with Crippen molar-refractivity contribution in [3.8, 4) is 0 Å². The van der Waals surface area contributed by atoms with Crippen molar-refractivity contribution < 1.29 is 9.32 Å². The first-order valence-electron chi connectivity index (χ1n) is 8.52. The molecule has 3 heterocycles. The Hall–Kier alpha value is -2.37. The van der Waals surface area contributed by atoms with Crippen LogP contribution in [0.5, 0.6) is 0 Å². The van der Waals surface area contributed by atoms with Crippen LogP contribution in [0.15, 0.2) is 22.9 Å². The van der Waals surface area contributed by atoms with E-state index < -0.39 is 0 Å². The van der Waals surface area contributed by atoms with E-state index in [9.17, 15) is 4.79 Å². The molecule has 0 saturated carbocycles. The summed E-state index contributed by atoms with van der Waals surface area (Å²) in [7, 11) is 1.86. The first-order valence-corrected chi connectivity index (χ1v) is 8.52. The molecular formula is C18H24N4O2. The minimum absolute atomic E-state index is 0.0400. The number of pyridine rings is 1. The number of amides is 1. The topological polar surface area (TPSA) is 71.3 Å². The highest BCUT2D eigenvalue weighted by molar-refractivity contribution is 5.96. The Labute approximate surface area is 142 Å². The molecule has 1 fully saturated rings. The Morgan fingerprint density at radius 3 is 3.08 bits per heavy atom. The molecule has 6 nitrogen and oxygen atoms in total. The zero-order valence-electron chi connectivity index (χ0n) is 14.5. The molecule has 1 aliphatic heterocycles. The molecule has 0 spiro atoms. The molecule has 1 saturated heterocycles. The summed E-state index contributed by atoms with van der Waals surface area (Å²) in [4.78, 5) is 19.2. The Kier molecular flexibility index (Phi) is 4.83. The highest BCUT2D eigenvalue weighted by Gasteiger charge is 2.29. The van der Waals surface area contributed by atoms with Gasteiger partial charge < -0.3 is 14.7 Å². The van der Waals surface area contributed by atoms with Crippen molar-refractivity contribution in [3.05, 3.63) is 40.9 Å². The largest absolute Gasteiger partial charge is 0.373 e. The van der Waals surface area contributed by atoms with Gasteiger partial charge >= 0.3 is 0 Å². The lowest BCUT2D eigenvalue weighted by Gasteiger charge is -2.33. The van der Waals surface area contributed by atoms with Gasteiger partial charge in [-0.25, -0.2) is 4.98 Å². The lowest BCUT2D eigenvalue weighted by Crippen LogP contribution is -2.39. The summed E-state index contributed by atoms with van der Waals surface area (Å²) < 4.78 is 5.23. The Balaban J connectivity index is 1.80. The summed E-state index contributed by atoms with van der Waals surface area (Å²) in [5, 5.41) is 7.08. The van der Waals surface area contributed by atoms with E-state index in [4.69, 9.17) is 4.52 Å². The van der Waals surface area contributed by atoms with Crippen LogP contribution in [0.1, 0.15) is 53.1 Å². The number of carbonyl (C=O) groups is 1. The summed E-state index contributed by atoms with van der Waals surface area (Å²) in [5.74, 6) is 1.85. The van der Waals surface area contributed by atoms with Gasteiger partial charge in [0.05, 0.1) is 5.69 Å². The quantitative estimate of drug-likeness (QED) is 0.934. The molecule has 1 aliphatic rings. The van der Waals surface area contributed by atoms with Crippen LogP contribution in [0.4, 0.5) is 5.82 Å². The van der Waals surface area contributed by atoms with Crippen molar-refractivity contribution in [3.63, 3.8) is 0 Å². The predicted octanol–water partition coefficient (Wildman–Crippen LogP) is 3.00. The highest BCUT2D eigenvalue weighted by atomic mass is 16.5. The monoisotopic (exact) mass is 328 g/mol. The Morgan fingerprint density at radius 1 is 1.50 bits per heavy atom. The average Bonchev–Trinajstić information content (AvgIpc) is 3.02. The van der Waals surface area contributed by atoms with Crippen LogP contribution < -0.4 is 5.32 Å². The second-order valence-electron chi connectivity index (χ2n) is 6.23. The molecule has 3 rings (SSSR count). The maximum absolute atomic E-state index is 13.0. The van der Waals surface area contributed by atoms with Gasteiger partial charge in [0.2, 0.25) is 0 Å². The summed E-state index contributed by atoms with van der Waals surface area (Å²) in [6.07, 6.45) is 4.60. The molecule has 0 aliphatic carbocycles. The van der Waals surface area contributed by atoms with E-state index in [-0.39, 0.29) is 5.91 Å². The van der Waals surface area contributed by atoms with Crippen LogP contribution >= 0.6 is 0 Å². The van der Waals surface area contributed by atoms with Gasteiger partial charge in [-0.1, -0.05) is 12.1 Å². The molecule has 1 N–H and O–H groups in total. The lowest BCUT2D eigenvalue weighted by atomic mass is 9.90. The van der Waals surface area contributed by atoms with E-state index >= 15 is 0 Å². The van der Waals surface area contributed by atoms with E-state index in [0.717, 1.165) is 37.4 Å². The summed E-state index contributed by atoms with van der Waals surface area (Å²) in [6.45, 7) is 5.30. The van der Waals surface area contributed by atoms with Gasteiger partial charge in [-0.15, -0.1) is 0 Å². The molecule has 24 heavy (non-hydrogen) atoms. The average molecular weight is 328 g/mol. The number of piperidine rings is 1. The second kappa shape index (κ2) is 7.03. The Morgan fingerprint density at radius 2 is 2.33 bits per heavy atom. The first-order chi connectivity index (χ1) is 11.6. The predicted molar refractivity (Wildman–Crippen MR) is 92.3 cm³/mol. The van der Waals surface area contributed by atoms with Gasteiger partial charge in [0, 0.05) is 32.3 Å². The van der Waals surface area contributed by atoms with Crippen molar-refractivity contribution in [1.29, 1.82) is 0 Å². The third-order valence-electron chi connectivity index (χ3n) is 4.70. The van der Waals surface area contributed by atoms with Crippen LogP contribution in [-0.4, -0.2) is 41.1 Å². The number of hydrogen-bond donors (Lipinski definition) is 1. The number of likely N-dealkylation sites (tertiary alicyclic amines) is 1. The molecule has 2 aromatic rings. The number of nitrogens with one attached hydrogen (secondary N) is 1. The van der Waals surface area contributed by atoms with Crippen molar-refractivity contribution in [2.75, 3.05) is 25.5 Å². The molecule has 1 amide bonds. The summed E-state index contributed by atoms with van der Waals surface area (Å²) in [5.41, 5.74) is 2.62. The molecule has 0 radical (unpaired) electrons. The molecule has 2 aromatic heterocycles. The number of anilines is 1. The fourth-order valence-corrected chi connectivity index (χ4v) is 3.36. The number of hydrogen-bond acceptors (Lipinski definition) is 5. The zero-order chi connectivity index (χ0) is 17.1. The van der Waals surface area contributed by atoms with Crippen LogP contribution in [0, 0.1) is 6.92 Å². The highest BCUT2D eigenvalue weighted by Crippen LogP contribution is 2.29. The fraction of sp³-hybridized carbons (Fsp3) is 0.500.